The molecule has 4 rings (SSSR count). The van der Waals surface area contributed by atoms with Gasteiger partial charge in [0.15, 0.2) is 0 Å². The fourth-order valence-corrected chi connectivity index (χ4v) is 5.13. The summed E-state index contributed by atoms with van der Waals surface area (Å²) in [5.41, 5.74) is 5.71. The van der Waals surface area contributed by atoms with Crippen LogP contribution >= 0.6 is 0 Å². The van der Waals surface area contributed by atoms with Crippen molar-refractivity contribution in [3.63, 3.8) is 0 Å². The van der Waals surface area contributed by atoms with Gasteiger partial charge in [-0.25, -0.2) is 0 Å². The number of rotatable bonds is 9. The van der Waals surface area contributed by atoms with Gasteiger partial charge in [-0.2, -0.15) is 5.10 Å². The Morgan fingerprint density at radius 3 is 2.63 bits per heavy atom. The summed E-state index contributed by atoms with van der Waals surface area (Å²) in [6.45, 7) is 12.0. The third-order valence-corrected chi connectivity index (χ3v) is 7.12. The zero-order valence-corrected chi connectivity index (χ0v) is 21.5. The molecule has 0 aliphatic carbocycles. The number of anilines is 1. The summed E-state index contributed by atoms with van der Waals surface area (Å²) >= 11 is 0. The molecule has 0 radical (unpaired) electrons. The normalized spacial score (nSPS) is 14.6. The molecule has 1 aliphatic heterocycles. The van der Waals surface area contributed by atoms with Crippen molar-refractivity contribution in [3.05, 3.63) is 57.0 Å². The minimum atomic E-state index is -0.131. The molecule has 0 bridgehead atoms. The van der Waals surface area contributed by atoms with Gasteiger partial charge in [0.1, 0.15) is 5.65 Å². The number of aromatic nitrogens is 3. The van der Waals surface area contributed by atoms with Crippen LogP contribution < -0.4 is 15.8 Å². The van der Waals surface area contributed by atoms with Gasteiger partial charge in [0.2, 0.25) is 5.91 Å². The summed E-state index contributed by atoms with van der Waals surface area (Å²) in [6, 6.07) is 8.72. The number of amides is 1. The molecule has 1 fully saturated rings. The summed E-state index contributed by atoms with van der Waals surface area (Å²) in [7, 11) is 1.82. The number of aryl methyl sites for hydroxylation is 4. The highest BCUT2D eigenvalue weighted by Gasteiger charge is 2.17. The Kier molecular flexibility index (Phi) is 7.90. The van der Waals surface area contributed by atoms with Crippen molar-refractivity contribution in [3.8, 4) is 0 Å². The molecule has 2 N–H and O–H groups in total. The number of carbonyl (C=O) groups excluding carboxylic acids is 1. The molecular weight excluding hydrogens is 440 g/mol. The summed E-state index contributed by atoms with van der Waals surface area (Å²) < 4.78 is 1.69. The van der Waals surface area contributed by atoms with E-state index in [1.165, 1.54) is 11.3 Å². The molecule has 8 nitrogen and oxygen atoms in total. The Morgan fingerprint density at radius 2 is 1.89 bits per heavy atom. The van der Waals surface area contributed by atoms with E-state index in [1.54, 1.807) is 4.68 Å². The van der Waals surface area contributed by atoms with Crippen molar-refractivity contribution in [1.82, 2.24) is 25.0 Å². The predicted octanol–water partition coefficient (Wildman–Crippen LogP) is 2.84. The quantitative estimate of drug-likeness (QED) is 0.462. The number of unbranched alkanes of at least 4 members (excludes halogenated alkanes) is 1. The Morgan fingerprint density at radius 1 is 1.11 bits per heavy atom. The van der Waals surface area contributed by atoms with Gasteiger partial charge < -0.3 is 15.2 Å². The molecular formula is C27H38N6O2. The molecule has 188 valence electrons. The highest BCUT2D eigenvalue weighted by atomic mass is 16.1. The fourth-order valence-electron chi connectivity index (χ4n) is 5.13. The van der Waals surface area contributed by atoms with E-state index in [4.69, 9.17) is 0 Å². The number of piperazine rings is 1. The molecule has 1 aromatic carbocycles. The molecule has 1 aliphatic rings. The third-order valence-electron chi connectivity index (χ3n) is 7.12. The molecule has 3 aromatic rings. The Labute approximate surface area is 207 Å². The second kappa shape index (κ2) is 11.1. The molecule has 8 heteroatoms. The molecule has 0 saturated carbocycles. The van der Waals surface area contributed by atoms with Crippen LogP contribution in [0, 0.1) is 20.8 Å². The Bertz CT molecular complexity index is 1240. The van der Waals surface area contributed by atoms with E-state index in [9.17, 15) is 9.59 Å². The fraction of sp³-hybridized carbons (Fsp3) is 0.519. The second-order valence-corrected chi connectivity index (χ2v) is 9.72. The third kappa shape index (κ3) is 5.93. The minimum absolute atomic E-state index is 0.00132. The van der Waals surface area contributed by atoms with Gasteiger partial charge in [-0.05, 0) is 69.8 Å². The highest BCUT2D eigenvalue weighted by Crippen LogP contribution is 2.21. The number of pyridine rings is 1. The second-order valence-electron chi connectivity index (χ2n) is 9.72. The minimum Gasteiger partial charge on any atom is -0.369 e. The van der Waals surface area contributed by atoms with Crippen LogP contribution in [0.1, 0.15) is 41.6 Å². The first kappa shape index (κ1) is 25.0. The molecule has 1 saturated heterocycles. The zero-order chi connectivity index (χ0) is 24.9. The summed E-state index contributed by atoms with van der Waals surface area (Å²) in [4.78, 5) is 32.8. The van der Waals surface area contributed by atoms with Crippen LogP contribution in [0.5, 0.6) is 0 Å². The number of benzene rings is 1. The molecule has 35 heavy (non-hydrogen) atoms. The van der Waals surface area contributed by atoms with E-state index in [-0.39, 0.29) is 11.5 Å². The lowest BCUT2D eigenvalue weighted by atomic mass is 10.0. The van der Waals surface area contributed by atoms with Crippen molar-refractivity contribution >= 4 is 22.6 Å². The van der Waals surface area contributed by atoms with Gasteiger partial charge in [-0.1, -0.05) is 12.1 Å². The van der Waals surface area contributed by atoms with Gasteiger partial charge in [0.25, 0.3) is 5.56 Å². The van der Waals surface area contributed by atoms with E-state index in [1.807, 2.05) is 20.9 Å². The van der Waals surface area contributed by atoms with Crippen molar-refractivity contribution in [2.45, 2.75) is 46.5 Å². The van der Waals surface area contributed by atoms with Gasteiger partial charge in [0, 0.05) is 62.8 Å². The topological polar surface area (TPSA) is 86.3 Å². The molecule has 3 heterocycles. The molecule has 0 unspecified atom stereocenters. The first-order valence-electron chi connectivity index (χ1n) is 12.7. The van der Waals surface area contributed by atoms with Gasteiger partial charge in [0.05, 0.1) is 5.69 Å². The number of fused-ring (bicyclic) bond motifs is 1. The first-order valence-corrected chi connectivity index (χ1v) is 12.7. The van der Waals surface area contributed by atoms with Crippen LogP contribution in [0.2, 0.25) is 0 Å². The maximum atomic E-state index is 12.6. The van der Waals surface area contributed by atoms with Crippen LogP contribution in [0.25, 0.3) is 11.0 Å². The Balaban J connectivity index is 1.15. The molecule has 1 amide bonds. The number of aromatic amines is 1. The number of nitrogens with one attached hydrogen (secondary N) is 2. The number of hydrogen-bond donors (Lipinski definition) is 2. The van der Waals surface area contributed by atoms with Gasteiger partial charge in [-0.3, -0.25) is 19.2 Å². The number of hydrogen-bond acceptors (Lipinski definition) is 5. The van der Waals surface area contributed by atoms with Crippen LogP contribution in [-0.2, 0) is 18.3 Å². The molecule has 0 atom stereocenters. The first-order chi connectivity index (χ1) is 16.8. The van der Waals surface area contributed by atoms with Crippen LogP contribution in [0.15, 0.2) is 29.1 Å². The van der Waals surface area contributed by atoms with E-state index < -0.39 is 0 Å². The molecule has 2 aromatic heterocycles. The number of H-pyrrole nitrogens is 1. The van der Waals surface area contributed by atoms with Crippen LogP contribution in [0.4, 0.5) is 5.69 Å². The van der Waals surface area contributed by atoms with Crippen molar-refractivity contribution in [2.24, 2.45) is 7.05 Å². The summed E-state index contributed by atoms with van der Waals surface area (Å²) in [5.74, 6) is -0.00132. The number of nitrogens with zero attached hydrogens (tertiary/aromatic N) is 4. The maximum absolute atomic E-state index is 12.6. The lowest BCUT2D eigenvalue weighted by Gasteiger charge is -2.36. The monoisotopic (exact) mass is 478 g/mol. The largest absolute Gasteiger partial charge is 0.369 e. The van der Waals surface area contributed by atoms with Gasteiger partial charge >= 0.3 is 0 Å². The van der Waals surface area contributed by atoms with Gasteiger partial charge in [-0.15, -0.1) is 0 Å². The average Bonchev–Trinajstić information content (AvgIpc) is 3.12. The van der Waals surface area contributed by atoms with Crippen LogP contribution in [0.3, 0.4) is 0 Å². The van der Waals surface area contributed by atoms with Crippen molar-refractivity contribution < 1.29 is 4.79 Å². The maximum Gasteiger partial charge on any atom is 0.253 e. The van der Waals surface area contributed by atoms with Crippen molar-refractivity contribution in [2.75, 3.05) is 44.2 Å². The van der Waals surface area contributed by atoms with E-state index in [0.717, 1.165) is 67.9 Å². The van der Waals surface area contributed by atoms with Crippen LogP contribution in [-0.4, -0.2) is 64.8 Å². The number of carbonyl (C=O) groups is 1. The summed E-state index contributed by atoms with van der Waals surface area (Å²) in [5, 5.41) is 8.40. The van der Waals surface area contributed by atoms with E-state index in [0.29, 0.717) is 24.9 Å². The predicted molar refractivity (Wildman–Crippen MR) is 141 cm³/mol. The van der Waals surface area contributed by atoms with E-state index in [2.05, 4.69) is 56.4 Å². The molecule has 0 spiro atoms. The summed E-state index contributed by atoms with van der Waals surface area (Å²) in [6.07, 6.45) is 2.78. The zero-order valence-electron chi connectivity index (χ0n) is 21.5. The standard InChI is InChI=1S/C27H38N6O2/c1-19-8-7-9-22(18-19)33-16-14-32(15-17-33)13-6-5-12-28-24(34)11-10-23-20(2)25-21(3)30-31(4)26(25)29-27(23)35/h7-9,18H,5-6,10-17H2,1-4H3,(H,28,34)(H,29,35). The smallest absolute Gasteiger partial charge is 0.253 e. The van der Waals surface area contributed by atoms with E-state index >= 15 is 0 Å². The SMILES string of the molecule is Cc1cccc(N2CCN(CCCCNC(=O)CCc3c(C)c4c(C)nn(C)c4[nH]c3=O)CC2)c1. The highest BCUT2D eigenvalue weighted by molar-refractivity contribution is 5.83. The average molecular weight is 479 g/mol. The Hall–Kier alpha value is -3.13. The van der Waals surface area contributed by atoms with Crippen molar-refractivity contribution in [1.29, 1.82) is 0 Å². The lowest BCUT2D eigenvalue weighted by molar-refractivity contribution is -0.121. The lowest BCUT2D eigenvalue weighted by Crippen LogP contribution is -2.46.